The molecule has 1 aliphatic carbocycles. The molecule has 1 aliphatic rings. The highest BCUT2D eigenvalue weighted by Crippen LogP contribution is 2.22. The zero-order valence-electron chi connectivity index (χ0n) is 11.9. The van der Waals surface area contributed by atoms with E-state index in [1.807, 2.05) is 13.1 Å². The van der Waals surface area contributed by atoms with E-state index >= 15 is 0 Å². The van der Waals surface area contributed by atoms with E-state index in [1.54, 1.807) is 6.33 Å². The van der Waals surface area contributed by atoms with Crippen LogP contribution >= 0.6 is 0 Å². The van der Waals surface area contributed by atoms with Gasteiger partial charge in [-0.3, -0.25) is 0 Å². The minimum Gasteiger partial charge on any atom is -0.478 e. The first kappa shape index (κ1) is 14.1. The van der Waals surface area contributed by atoms with Crippen LogP contribution in [0.3, 0.4) is 0 Å². The quantitative estimate of drug-likeness (QED) is 0.825. The third-order valence-electron chi connectivity index (χ3n) is 3.58. The van der Waals surface area contributed by atoms with Crippen LogP contribution in [0.15, 0.2) is 12.4 Å². The molecule has 5 nitrogen and oxygen atoms in total. The lowest BCUT2D eigenvalue weighted by Gasteiger charge is -2.29. The molecule has 0 unspecified atom stereocenters. The van der Waals surface area contributed by atoms with Crippen LogP contribution < -0.4 is 15.4 Å². The molecule has 106 valence electrons. The van der Waals surface area contributed by atoms with Gasteiger partial charge in [0.15, 0.2) is 0 Å². The summed E-state index contributed by atoms with van der Waals surface area (Å²) in [5.41, 5.74) is 0. The maximum absolute atomic E-state index is 5.52. The molecule has 0 bridgehead atoms. The predicted molar refractivity (Wildman–Crippen MR) is 76.5 cm³/mol. The van der Waals surface area contributed by atoms with Gasteiger partial charge in [-0.05, 0) is 39.2 Å². The largest absolute Gasteiger partial charge is 0.478 e. The van der Waals surface area contributed by atoms with Crippen molar-refractivity contribution in [1.82, 2.24) is 15.3 Å². The van der Waals surface area contributed by atoms with Gasteiger partial charge in [-0.25, -0.2) is 9.97 Å². The maximum Gasteiger partial charge on any atom is 0.218 e. The summed E-state index contributed by atoms with van der Waals surface area (Å²) < 4.78 is 5.52. The summed E-state index contributed by atoms with van der Waals surface area (Å²) in [6.07, 6.45) is 7.35. The van der Waals surface area contributed by atoms with Gasteiger partial charge >= 0.3 is 0 Å². The summed E-state index contributed by atoms with van der Waals surface area (Å²) in [5, 5.41) is 6.83. The van der Waals surface area contributed by atoms with E-state index in [1.165, 1.54) is 25.7 Å². The van der Waals surface area contributed by atoms with Crippen LogP contribution in [0.4, 0.5) is 5.82 Å². The minimum absolute atomic E-state index is 0.513. The molecule has 0 radical (unpaired) electrons. The Labute approximate surface area is 115 Å². The number of nitrogens with one attached hydrogen (secondary N) is 2. The van der Waals surface area contributed by atoms with Crippen molar-refractivity contribution in [3.05, 3.63) is 12.4 Å². The Kier molecular flexibility index (Phi) is 5.39. The summed E-state index contributed by atoms with van der Waals surface area (Å²) in [6, 6.07) is 3.07. The normalized spacial score (nSPS) is 23.1. The number of anilines is 1. The predicted octanol–water partition coefficient (Wildman–Crippen LogP) is 2.21. The van der Waals surface area contributed by atoms with Gasteiger partial charge in [0.2, 0.25) is 5.88 Å². The van der Waals surface area contributed by atoms with Gasteiger partial charge in [0.1, 0.15) is 12.1 Å². The molecule has 1 fully saturated rings. The molecular formula is C14H24N4O. The molecule has 1 aromatic heterocycles. The highest BCUT2D eigenvalue weighted by Gasteiger charge is 2.20. The van der Waals surface area contributed by atoms with Gasteiger partial charge in [0.25, 0.3) is 0 Å². The molecule has 0 spiro atoms. The van der Waals surface area contributed by atoms with Crippen molar-refractivity contribution in [2.45, 2.75) is 51.1 Å². The highest BCUT2D eigenvalue weighted by atomic mass is 16.5. The van der Waals surface area contributed by atoms with Crippen molar-refractivity contribution in [1.29, 1.82) is 0 Å². The number of aromatic nitrogens is 2. The van der Waals surface area contributed by atoms with Crippen molar-refractivity contribution in [3.8, 4) is 5.88 Å². The first-order valence-corrected chi connectivity index (χ1v) is 7.20. The van der Waals surface area contributed by atoms with Crippen LogP contribution in [-0.2, 0) is 0 Å². The fourth-order valence-corrected chi connectivity index (χ4v) is 2.44. The molecule has 5 heteroatoms. The van der Waals surface area contributed by atoms with E-state index < -0.39 is 0 Å². The van der Waals surface area contributed by atoms with Crippen LogP contribution in [0.1, 0.15) is 39.0 Å². The highest BCUT2D eigenvalue weighted by molar-refractivity contribution is 5.38. The van der Waals surface area contributed by atoms with E-state index in [4.69, 9.17) is 4.74 Å². The first-order valence-electron chi connectivity index (χ1n) is 7.20. The Balaban J connectivity index is 1.85. The summed E-state index contributed by atoms with van der Waals surface area (Å²) in [4.78, 5) is 8.37. The fraction of sp³-hybridized carbons (Fsp3) is 0.714. The zero-order valence-corrected chi connectivity index (χ0v) is 11.9. The monoisotopic (exact) mass is 264 g/mol. The molecule has 0 saturated heterocycles. The Morgan fingerprint density at radius 3 is 2.63 bits per heavy atom. The summed E-state index contributed by atoms with van der Waals surface area (Å²) in [7, 11) is 2.04. The van der Waals surface area contributed by atoms with Crippen LogP contribution in [0.2, 0.25) is 0 Å². The Morgan fingerprint density at radius 2 is 1.95 bits per heavy atom. The van der Waals surface area contributed by atoms with Gasteiger partial charge in [0, 0.05) is 18.2 Å². The van der Waals surface area contributed by atoms with E-state index in [0.29, 0.717) is 24.6 Å². The molecule has 19 heavy (non-hydrogen) atoms. The molecule has 0 atom stereocenters. The SMILES string of the molecule is CCCOc1cc(NC2CCC(NC)CC2)ncn1. The van der Waals surface area contributed by atoms with Gasteiger partial charge in [-0.15, -0.1) is 0 Å². The molecule has 2 N–H and O–H groups in total. The van der Waals surface area contributed by atoms with Gasteiger partial charge in [-0.1, -0.05) is 6.92 Å². The van der Waals surface area contributed by atoms with Crippen molar-refractivity contribution < 1.29 is 4.74 Å². The fourth-order valence-electron chi connectivity index (χ4n) is 2.44. The lowest BCUT2D eigenvalue weighted by atomic mass is 9.91. The van der Waals surface area contributed by atoms with Crippen LogP contribution in [-0.4, -0.2) is 35.7 Å². The molecular weight excluding hydrogens is 240 g/mol. The molecule has 1 saturated carbocycles. The smallest absolute Gasteiger partial charge is 0.218 e. The first-order chi connectivity index (χ1) is 9.31. The standard InChI is InChI=1S/C14H24N4O/c1-3-8-19-14-9-13(16-10-17-14)18-12-6-4-11(15-2)5-7-12/h9-12,15H,3-8H2,1-2H3,(H,16,17,18). The topological polar surface area (TPSA) is 59.1 Å². The second-order valence-corrected chi connectivity index (χ2v) is 5.07. The molecule has 1 aromatic rings. The van der Waals surface area contributed by atoms with Crippen LogP contribution in [0, 0.1) is 0 Å². The Morgan fingerprint density at radius 1 is 1.21 bits per heavy atom. The van der Waals surface area contributed by atoms with Crippen LogP contribution in [0.5, 0.6) is 5.88 Å². The number of nitrogens with zero attached hydrogens (tertiary/aromatic N) is 2. The molecule has 0 aromatic carbocycles. The van der Waals surface area contributed by atoms with E-state index in [0.717, 1.165) is 12.2 Å². The number of rotatable bonds is 6. The number of hydrogen-bond donors (Lipinski definition) is 2. The average molecular weight is 264 g/mol. The van der Waals surface area contributed by atoms with Gasteiger partial charge in [-0.2, -0.15) is 0 Å². The molecule has 0 amide bonds. The van der Waals surface area contributed by atoms with Crippen LogP contribution in [0.25, 0.3) is 0 Å². The lowest BCUT2D eigenvalue weighted by Crippen LogP contribution is -2.35. The third kappa shape index (κ3) is 4.35. The minimum atomic E-state index is 0.513. The summed E-state index contributed by atoms with van der Waals surface area (Å²) in [5.74, 6) is 1.53. The average Bonchev–Trinajstić information content (AvgIpc) is 2.46. The Bertz CT molecular complexity index is 377. The second kappa shape index (κ2) is 7.28. The van der Waals surface area contributed by atoms with Crippen molar-refractivity contribution in [2.24, 2.45) is 0 Å². The lowest BCUT2D eigenvalue weighted by molar-refractivity contribution is 0.304. The zero-order chi connectivity index (χ0) is 13.5. The van der Waals surface area contributed by atoms with E-state index in [-0.39, 0.29) is 0 Å². The molecule has 2 rings (SSSR count). The molecule has 1 heterocycles. The van der Waals surface area contributed by atoms with Crippen molar-refractivity contribution >= 4 is 5.82 Å². The van der Waals surface area contributed by atoms with Gasteiger partial charge < -0.3 is 15.4 Å². The summed E-state index contributed by atoms with van der Waals surface area (Å²) >= 11 is 0. The van der Waals surface area contributed by atoms with E-state index in [9.17, 15) is 0 Å². The van der Waals surface area contributed by atoms with E-state index in [2.05, 4.69) is 27.5 Å². The second-order valence-electron chi connectivity index (χ2n) is 5.07. The Hall–Kier alpha value is -1.36. The van der Waals surface area contributed by atoms with Crippen molar-refractivity contribution in [3.63, 3.8) is 0 Å². The maximum atomic E-state index is 5.52. The van der Waals surface area contributed by atoms with Gasteiger partial charge in [0.05, 0.1) is 6.61 Å². The summed E-state index contributed by atoms with van der Waals surface area (Å²) in [6.45, 7) is 2.78. The number of ether oxygens (including phenoxy) is 1. The third-order valence-corrected chi connectivity index (χ3v) is 3.58. The number of hydrogen-bond acceptors (Lipinski definition) is 5. The van der Waals surface area contributed by atoms with Crippen molar-refractivity contribution in [2.75, 3.05) is 19.0 Å². The molecule has 0 aliphatic heterocycles.